The normalized spacial score (nSPS) is 14.7. The van der Waals surface area contributed by atoms with Crippen LogP contribution in [0.5, 0.6) is 0 Å². The number of nitrogens with zero attached hydrogens (tertiary/aromatic N) is 1. The highest BCUT2D eigenvalue weighted by Gasteiger charge is 2.41. The van der Waals surface area contributed by atoms with Crippen molar-refractivity contribution in [1.29, 1.82) is 0 Å². The molecule has 0 N–H and O–H groups in total. The van der Waals surface area contributed by atoms with Crippen LogP contribution in [0.15, 0.2) is 0 Å². The Morgan fingerprint density at radius 1 is 0.758 bits per heavy atom. The third-order valence-electron chi connectivity index (χ3n) is 5.06. The largest absolute Gasteiger partial charge is 0.469 e. The van der Waals surface area contributed by atoms with Crippen molar-refractivity contribution in [2.24, 2.45) is 16.2 Å². The molecule has 0 aromatic carbocycles. The number of amides is 2. The van der Waals surface area contributed by atoms with E-state index >= 15 is 0 Å². The van der Waals surface area contributed by atoms with E-state index in [0.29, 0.717) is 5.06 Å². The lowest BCUT2D eigenvalue weighted by atomic mass is 9.75. The number of hydrogen-bond acceptors (Lipinski definition) is 10. The molecule has 0 atom stereocenters. The van der Waals surface area contributed by atoms with E-state index in [1.165, 1.54) is 21.0 Å². The van der Waals surface area contributed by atoms with E-state index in [1.807, 2.05) is 0 Å². The Labute approximate surface area is 193 Å². The Morgan fingerprint density at radius 2 is 1.18 bits per heavy atom. The number of carbonyl (C=O) groups is 6. The van der Waals surface area contributed by atoms with Gasteiger partial charge in [0, 0.05) is 12.8 Å². The minimum Gasteiger partial charge on any atom is -0.469 e. The zero-order valence-corrected chi connectivity index (χ0v) is 20.3. The summed E-state index contributed by atoms with van der Waals surface area (Å²) >= 11 is 0. The molecule has 33 heavy (non-hydrogen) atoms. The monoisotopic (exact) mass is 471 g/mol. The summed E-state index contributed by atoms with van der Waals surface area (Å²) in [5, 5.41) is 0.409. The summed E-state index contributed by atoms with van der Waals surface area (Å²) in [4.78, 5) is 76.5. The molecule has 1 fully saturated rings. The maximum absolute atomic E-state index is 12.4. The number of ether oxygens (including phenoxy) is 3. The number of esters is 3. The summed E-state index contributed by atoms with van der Waals surface area (Å²) in [6.45, 7) is 9.01. The summed E-state index contributed by atoms with van der Waals surface area (Å²) in [5.74, 6) is -3.93. The molecule has 0 aromatic heterocycles. The first kappa shape index (κ1) is 28.1. The first-order valence-electron chi connectivity index (χ1n) is 10.5. The topological polar surface area (TPSA) is 143 Å². The Balaban J connectivity index is 2.48. The van der Waals surface area contributed by atoms with Gasteiger partial charge < -0.3 is 19.0 Å². The van der Waals surface area contributed by atoms with Crippen LogP contribution in [0.2, 0.25) is 0 Å². The standard InChI is InChI=1S/C22H33NO10/c1-20(2,12-16(26)33-23-14(24)8-9-15(23)25)18(28)31-10-11-32-19(29)22(5,6)13-21(3,4)17(27)30-7/h8-13H2,1-7H3. The fraction of sp³-hybridized carbons (Fsp3) is 0.727. The van der Waals surface area contributed by atoms with Gasteiger partial charge in [-0.2, -0.15) is 0 Å². The minimum absolute atomic E-state index is 0.0345. The number of imide groups is 1. The van der Waals surface area contributed by atoms with Crippen LogP contribution in [0.25, 0.3) is 0 Å². The highest BCUT2D eigenvalue weighted by atomic mass is 16.7. The van der Waals surface area contributed by atoms with E-state index in [4.69, 9.17) is 19.0 Å². The van der Waals surface area contributed by atoms with Crippen LogP contribution >= 0.6 is 0 Å². The predicted molar refractivity (Wildman–Crippen MR) is 112 cm³/mol. The van der Waals surface area contributed by atoms with Gasteiger partial charge in [-0.15, -0.1) is 5.06 Å². The van der Waals surface area contributed by atoms with Gasteiger partial charge in [0.15, 0.2) is 0 Å². The second-order valence-corrected chi connectivity index (χ2v) is 9.81. The first-order chi connectivity index (χ1) is 15.0. The first-order valence-corrected chi connectivity index (χ1v) is 10.5. The lowest BCUT2D eigenvalue weighted by molar-refractivity contribution is -0.199. The predicted octanol–water partition coefficient (Wildman–Crippen LogP) is 1.71. The van der Waals surface area contributed by atoms with Gasteiger partial charge in [-0.25, -0.2) is 4.79 Å². The second kappa shape index (κ2) is 10.8. The lowest BCUT2D eigenvalue weighted by Gasteiger charge is -2.31. The van der Waals surface area contributed by atoms with Crippen LogP contribution in [-0.4, -0.2) is 61.1 Å². The molecule has 2 amide bonds. The third-order valence-corrected chi connectivity index (χ3v) is 5.06. The van der Waals surface area contributed by atoms with Gasteiger partial charge in [-0.05, 0) is 48.0 Å². The summed E-state index contributed by atoms with van der Waals surface area (Å²) in [6, 6.07) is 0. The molecule has 0 spiro atoms. The number of rotatable bonds is 11. The Bertz CT molecular complexity index is 796. The molecule has 0 saturated carbocycles. The number of methoxy groups -OCH3 is 1. The van der Waals surface area contributed by atoms with Crippen LogP contribution in [0.3, 0.4) is 0 Å². The molecule has 1 saturated heterocycles. The number of hydrogen-bond donors (Lipinski definition) is 0. The molecule has 0 unspecified atom stereocenters. The molecular weight excluding hydrogens is 438 g/mol. The molecule has 1 rings (SSSR count). The van der Waals surface area contributed by atoms with E-state index < -0.39 is 58.4 Å². The van der Waals surface area contributed by atoms with E-state index in [-0.39, 0.29) is 32.5 Å². The molecule has 1 aliphatic rings. The highest BCUT2D eigenvalue weighted by Crippen LogP contribution is 2.35. The highest BCUT2D eigenvalue weighted by molar-refractivity contribution is 6.01. The number of carbonyl (C=O) groups excluding carboxylic acids is 6. The Hall–Kier alpha value is -2.98. The summed E-state index contributed by atoms with van der Waals surface area (Å²) < 4.78 is 15.0. The van der Waals surface area contributed by atoms with Gasteiger partial charge in [0.2, 0.25) is 0 Å². The molecular formula is C22H33NO10. The second-order valence-electron chi connectivity index (χ2n) is 9.81. The van der Waals surface area contributed by atoms with Gasteiger partial charge in [-0.3, -0.25) is 24.0 Å². The quantitative estimate of drug-likeness (QED) is 0.189. The van der Waals surface area contributed by atoms with Crippen molar-refractivity contribution in [1.82, 2.24) is 5.06 Å². The molecule has 0 bridgehead atoms. The van der Waals surface area contributed by atoms with Gasteiger partial charge in [0.25, 0.3) is 11.8 Å². The zero-order valence-electron chi connectivity index (χ0n) is 20.3. The average Bonchev–Trinajstić information content (AvgIpc) is 3.00. The minimum atomic E-state index is -1.31. The van der Waals surface area contributed by atoms with Crippen molar-refractivity contribution >= 4 is 35.7 Å². The van der Waals surface area contributed by atoms with E-state index in [0.717, 1.165) is 0 Å². The fourth-order valence-electron chi connectivity index (χ4n) is 3.41. The Kier molecular flexibility index (Phi) is 9.15. The molecule has 0 radical (unpaired) electrons. The number of hydroxylamine groups is 2. The van der Waals surface area contributed by atoms with Crippen molar-refractivity contribution in [2.75, 3.05) is 20.3 Å². The molecule has 0 aliphatic carbocycles. The van der Waals surface area contributed by atoms with Crippen LogP contribution in [0, 0.1) is 16.2 Å². The van der Waals surface area contributed by atoms with E-state index in [9.17, 15) is 28.8 Å². The Morgan fingerprint density at radius 3 is 1.64 bits per heavy atom. The van der Waals surface area contributed by atoms with Crippen molar-refractivity contribution in [3.05, 3.63) is 0 Å². The van der Waals surface area contributed by atoms with Gasteiger partial charge >= 0.3 is 23.9 Å². The molecule has 11 heteroatoms. The van der Waals surface area contributed by atoms with Crippen LogP contribution in [-0.2, 0) is 47.8 Å². The van der Waals surface area contributed by atoms with E-state index in [1.54, 1.807) is 27.7 Å². The van der Waals surface area contributed by atoms with Crippen molar-refractivity contribution in [3.63, 3.8) is 0 Å². The van der Waals surface area contributed by atoms with Gasteiger partial charge in [0.05, 0.1) is 29.8 Å². The SMILES string of the molecule is COC(=O)C(C)(C)CC(C)(C)C(=O)OCCOC(=O)C(C)(C)CC(=O)ON1C(=O)CCC1=O. The lowest BCUT2D eigenvalue weighted by Crippen LogP contribution is -2.37. The molecule has 11 nitrogen and oxygen atoms in total. The molecule has 186 valence electrons. The zero-order chi connectivity index (χ0) is 25.6. The van der Waals surface area contributed by atoms with Gasteiger partial charge in [-0.1, -0.05) is 0 Å². The third kappa shape index (κ3) is 7.83. The summed E-state index contributed by atoms with van der Waals surface area (Å²) in [5.41, 5.74) is -3.20. The summed E-state index contributed by atoms with van der Waals surface area (Å²) in [7, 11) is 1.27. The van der Waals surface area contributed by atoms with Crippen molar-refractivity contribution in [2.45, 2.75) is 67.2 Å². The smallest absolute Gasteiger partial charge is 0.334 e. The van der Waals surface area contributed by atoms with Crippen LogP contribution in [0.1, 0.15) is 67.2 Å². The fourth-order valence-corrected chi connectivity index (χ4v) is 3.41. The van der Waals surface area contributed by atoms with Crippen molar-refractivity contribution in [3.8, 4) is 0 Å². The average molecular weight is 472 g/mol. The molecule has 1 aliphatic heterocycles. The molecule has 1 heterocycles. The van der Waals surface area contributed by atoms with Gasteiger partial charge in [0.1, 0.15) is 13.2 Å². The van der Waals surface area contributed by atoms with Crippen LogP contribution in [0.4, 0.5) is 0 Å². The maximum Gasteiger partial charge on any atom is 0.334 e. The maximum atomic E-state index is 12.4. The molecule has 0 aromatic rings. The van der Waals surface area contributed by atoms with Crippen LogP contribution < -0.4 is 0 Å². The van der Waals surface area contributed by atoms with Crippen molar-refractivity contribution < 1.29 is 47.8 Å². The van der Waals surface area contributed by atoms with E-state index in [2.05, 4.69) is 0 Å². The summed E-state index contributed by atoms with van der Waals surface area (Å²) in [6.07, 6.45) is -0.318.